The summed E-state index contributed by atoms with van der Waals surface area (Å²) in [6, 6.07) is 9.97. The third-order valence-corrected chi connectivity index (χ3v) is 3.49. The van der Waals surface area contributed by atoms with E-state index in [-0.39, 0.29) is 11.6 Å². The number of aromatic nitrogens is 3. The zero-order chi connectivity index (χ0) is 16.4. The molecular formula is C16H15N5O2. The number of benzene rings is 1. The van der Waals surface area contributed by atoms with Gasteiger partial charge in [-0.2, -0.15) is 0 Å². The summed E-state index contributed by atoms with van der Waals surface area (Å²) in [4.78, 5) is 23.4. The molecule has 0 atom stereocenters. The number of nitrogens with zero attached hydrogens (tertiary/aromatic N) is 4. The van der Waals surface area contributed by atoms with Crippen molar-refractivity contribution in [3.63, 3.8) is 0 Å². The van der Waals surface area contributed by atoms with Crippen LogP contribution in [0.15, 0.2) is 36.4 Å². The van der Waals surface area contributed by atoms with Crippen molar-refractivity contribution in [2.24, 2.45) is 0 Å². The first-order chi connectivity index (χ1) is 11.1. The summed E-state index contributed by atoms with van der Waals surface area (Å²) in [5.41, 5.74) is 9.55. The molecular weight excluding hydrogens is 294 g/mol. The zero-order valence-electron chi connectivity index (χ0n) is 12.6. The van der Waals surface area contributed by atoms with Gasteiger partial charge in [-0.15, -0.1) is 0 Å². The molecule has 0 amide bonds. The molecule has 0 saturated carbocycles. The third kappa shape index (κ3) is 2.94. The number of rotatable bonds is 4. The lowest BCUT2D eigenvalue weighted by Crippen LogP contribution is -2.02. The molecule has 1 aromatic carbocycles. The van der Waals surface area contributed by atoms with E-state index in [1.807, 2.05) is 12.1 Å². The first-order valence-corrected chi connectivity index (χ1v) is 7.26. The average Bonchev–Trinajstić information content (AvgIpc) is 2.55. The number of nitrogen functional groups attached to an aromatic ring is 1. The van der Waals surface area contributed by atoms with Crippen LogP contribution >= 0.6 is 0 Å². The molecule has 0 aliphatic carbocycles. The molecule has 116 valence electrons. The van der Waals surface area contributed by atoms with Crippen LogP contribution in [0.1, 0.15) is 19.0 Å². The monoisotopic (exact) mass is 309 g/mol. The largest absolute Gasteiger partial charge is 0.368 e. The smallest absolute Gasteiger partial charge is 0.269 e. The third-order valence-electron chi connectivity index (χ3n) is 3.49. The Balaban J connectivity index is 2.10. The quantitative estimate of drug-likeness (QED) is 0.586. The summed E-state index contributed by atoms with van der Waals surface area (Å²) >= 11 is 0. The fourth-order valence-electron chi connectivity index (χ4n) is 2.42. The van der Waals surface area contributed by atoms with Gasteiger partial charge in [0.15, 0.2) is 0 Å². The summed E-state index contributed by atoms with van der Waals surface area (Å²) in [7, 11) is 0. The van der Waals surface area contributed by atoms with Gasteiger partial charge in [0.1, 0.15) is 5.52 Å². The summed E-state index contributed by atoms with van der Waals surface area (Å²) in [6.45, 7) is 2.06. The molecule has 0 aliphatic heterocycles. The van der Waals surface area contributed by atoms with Gasteiger partial charge in [0.05, 0.1) is 21.8 Å². The molecule has 0 aliphatic rings. The van der Waals surface area contributed by atoms with Crippen LogP contribution in [0.4, 0.5) is 11.6 Å². The lowest BCUT2D eigenvalue weighted by atomic mass is 10.1. The van der Waals surface area contributed by atoms with Crippen molar-refractivity contribution < 1.29 is 4.92 Å². The van der Waals surface area contributed by atoms with E-state index in [9.17, 15) is 10.1 Å². The van der Waals surface area contributed by atoms with E-state index in [1.54, 1.807) is 12.1 Å². The average molecular weight is 309 g/mol. The Kier molecular flexibility index (Phi) is 3.84. The van der Waals surface area contributed by atoms with Gasteiger partial charge in [-0.05, 0) is 30.7 Å². The van der Waals surface area contributed by atoms with Gasteiger partial charge >= 0.3 is 0 Å². The Bertz CT molecular complexity index is 878. The Hall–Kier alpha value is -3.09. The second kappa shape index (κ2) is 5.96. The topological polar surface area (TPSA) is 108 Å². The van der Waals surface area contributed by atoms with E-state index in [4.69, 9.17) is 5.73 Å². The van der Waals surface area contributed by atoms with E-state index in [0.29, 0.717) is 5.52 Å². The highest BCUT2D eigenvalue weighted by molar-refractivity contribution is 5.81. The van der Waals surface area contributed by atoms with Gasteiger partial charge in [-0.1, -0.05) is 13.3 Å². The second-order valence-electron chi connectivity index (χ2n) is 5.15. The molecule has 3 aromatic rings. The number of anilines is 1. The van der Waals surface area contributed by atoms with E-state index in [0.717, 1.165) is 35.3 Å². The molecule has 0 spiro atoms. The van der Waals surface area contributed by atoms with Crippen molar-refractivity contribution in [1.82, 2.24) is 15.0 Å². The van der Waals surface area contributed by atoms with Crippen LogP contribution in [-0.4, -0.2) is 19.9 Å². The number of hydrogen-bond donors (Lipinski definition) is 1. The standard InChI is InChI=1S/C16H15N5O2/c1-2-3-13-15-14(20-16(17)19-13)9-8-12(18-15)10-4-6-11(7-5-10)21(22)23/h4-9H,2-3H2,1H3,(H2,17,19,20). The van der Waals surface area contributed by atoms with E-state index in [1.165, 1.54) is 12.1 Å². The lowest BCUT2D eigenvalue weighted by Gasteiger charge is -2.07. The maximum absolute atomic E-state index is 10.7. The summed E-state index contributed by atoms with van der Waals surface area (Å²) < 4.78 is 0. The Morgan fingerprint density at radius 1 is 1.09 bits per heavy atom. The number of hydrogen-bond acceptors (Lipinski definition) is 6. The predicted octanol–water partition coefficient (Wildman–Crippen LogP) is 3.13. The van der Waals surface area contributed by atoms with Gasteiger partial charge in [0.25, 0.3) is 5.69 Å². The number of nitro groups is 1. The van der Waals surface area contributed by atoms with Crippen molar-refractivity contribution in [2.75, 3.05) is 5.73 Å². The highest BCUT2D eigenvalue weighted by atomic mass is 16.6. The summed E-state index contributed by atoms with van der Waals surface area (Å²) in [5, 5.41) is 10.7. The number of nitro benzene ring substituents is 1. The molecule has 2 aromatic heterocycles. The second-order valence-corrected chi connectivity index (χ2v) is 5.15. The summed E-state index contributed by atoms with van der Waals surface area (Å²) in [6.07, 6.45) is 1.69. The van der Waals surface area contributed by atoms with Crippen LogP contribution in [0.2, 0.25) is 0 Å². The minimum Gasteiger partial charge on any atom is -0.368 e. The van der Waals surface area contributed by atoms with Crippen molar-refractivity contribution in [3.05, 3.63) is 52.2 Å². The minimum absolute atomic E-state index is 0.0531. The number of non-ortho nitro benzene ring substituents is 1. The summed E-state index contributed by atoms with van der Waals surface area (Å²) in [5.74, 6) is 0.242. The van der Waals surface area contributed by atoms with Gasteiger partial charge < -0.3 is 5.73 Å². The fourth-order valence-corrected chi connectivity index (χ4v) is 2.42. The maximum atomic E-state index is 10.7. The molecule has 3 rings (SSSR count). The molecule has 23 heavy (non-hydrogen) atoms. The number of aryl methyl sites for hydroxylation is 1. The van der Waals surface area contributed by atoms with Gasteiger partial charge in [-0.3, -0.25) is 10.1 Å². The van der Waals surface area contributed by atoms with Gasteiger partial charge in [0, 0.05) is 17.7 Å². The first-order valence-electron chi connectivity index (χ1n) is 7.26. The maximum Gasteiger partial charge on any atom is 0.269 e. The Morgan fingerprint density at radius 2 is 1.83 bits per heavy atom. The normalized spacial score (nSPS) is 10.8. The van der Waals surface area contributed by atoms with Crippen molar-refractivity contribution in [3.8, 4) is 11.3 Å². The number of fused-ring (bicyclic) bond motifs is 1. The lowest BCUT2D eigenvalue weighted by molar-refractivity contribution is -0.384. The molecule has 2 N–H and O–H groups in total. The molecule has 7 heteroatoms. The number of nitrogens with two attached hydrogens (primary N) is 1. The molecule has 0 radical (unpaired) electrons. The highest BCUT2D eigenvalue weighted by Gasteiger charge is 2.10. The van der Waals surface area contributed by atoms with E-state index < -0.39 is 4.92 Å². The van der Waals surface area contributed by atoms with Gasteiger partial charge in [-0.25, -0.2) is 15.0 Å². The minimum atomic E-state index is -0.423. The van der Waals surface area contributed by atoms with Crippen LogP contribution in [0.3, 0.4) is 0 Å². The van der Waals surface area contributed by atoms with Gasteiger partial charge in [0.2, 0.25) is 5.95 Å². The van der Waals surface area contributed by atoms with Crippen molar-refractivity contribution in [1.29, 1.82) is 0 Å². The van der Waals surface area contributed by atoms with Crippen molar-refractivity contribution >= 4 is 22.7 Å². The van der Waals surface area contributed by atoms with Crippen molar-refractivity contribution in [2.45, 2.75) is 19.8 Å². The molecule has 0 saturated heterocycles. The molecule has 0 fully saturated rings. The van der Waals surface area contributed by atoms with Crippen LogP contribution in [0, 0.1) is 10.1 Å². The Labute approximate surface area is 132 Å². The van der Waals surface area contributed by atoms with E-state index in [2.05, 4.69) is 21.9 Å². The molecule has 0 bridgehead atoms. The van der Waals surface area contributed by atoms with E-state index >= 15 is 0 Å². The van der Waals surface area contributed by atoms with Crippen LogP contribution in [-0.2, 0) is 6.42 Å². The Morgan fingerprint density at radius 3 is 2.48 bits per heavy atom. The number of pyridine rings is 1. The first kappa shape index (κ1) is 14.8. The predicted molar refractivity (Wildman–Crippen MR) is 87.8 cm³/mol. The SMILES string of the molecule is CCCc1nc(N)nc2ccc(-c3ccc([N+](=O)[O-])cc3)nc12. The van der Waals surface area contributed by atoms with Crippen LogP contribution in [0.5, 0.6) is 0 Å². The molecule has 7 nitrogen and oxygen atoms in total. The zero-order valence-corrected chi connectivity index (χ0v) is 12.6. The van der Waals surface area contributed by atoms with Crippen LogP contribution in [0.25, 0.3) is 22.3 Å². The molecule has 2 heterocycles. The molecule has 0 unspecified atom stereocenters. The van der Waals surface area contributed by atoms with Crippen LogP contribution < -0.4 is 5.73 Å². The fraction of sp³-hybridized carbons (Fsp3) is 0.188. The highest BCUT2D eigenvalue weighted by Crippen LogP contribution is 2.24.